The largest absolute Gasteiger partial charge is 0.340 e. The van der Waals surface area contributed by atoms with Crippen LogP contribution in [0.1, 0.15) is 36.0 Å². The summed E-state index contributed by atoms with van der Waals surface area (Å²) in [4.78, 5) is 14.3. The maximum Gasteiger partial charge on any atom is 0.282 e. The van der Waals surface area contributed by atoms with Gasteiger partial charge in [0.2, 0.25) is 5.91 Å². The molecular weight excluding hydrogens is 350 g/mol. The van der Waals surface area contributed by atoms with Crippen molar-refractivity contribution in [1.29, 1.82) is 0 Å². The Morgan fingerprint density at radius 1 is 0.885 bits per heavy atom. The Morgan fingerprint density at radius 2 is 1.42 bits per heavy atom. The van der Waals surface area contributed by atoms with Crippen molar-refractivity contribution in [3.63, 3.8) is 0 Å². The molecule has 0 radical (unpaired) electrons. The van der Waals surface area contributed by atoms with Gasteiger partial charge in [0, 0.05) is 45.7 Å². The van der Waals surface area contributed by atoms with Gasteiger partial charge in [-0.3, -0.25) is 4.79 Å². The van der Waals surface area contributed by atoms with Gasteiger partial charge in [0.25, 0.3) is 10.2 Å². The van der Waals surface area contributed by atoms with Crippen LogP contribution in [0.4, 0.5) is 0 Å². The van der Waals surface area contributed by atoms with Gasteiger partial charge in [-0.2, -0.15) is 17.0 Å². The fourth-order valence-electron chi connectivity index (χ4n) is 3.87. The number of aryl methyl sites for hydroxylation is 3. The lowest BCUT2D eigenvalue weighted by atomic mass is 10.0. The van der Waals surface area contributed by atoms with Crippen molar-refractivity contribution in [3.05, 3.63) is 34.9 Å². The van der Waals surface area contributed by atoms with Crippen LogP contribution in [0.3, 0.4) is 0 Å². The van der Waals surface area contributed by atoms with Crippen molar-refractivity contribution in [2.45, 2.75) is 39.5 Å². The molecule has 0 N–H and O–H groups in total. The van der Waals surface area contributed by atoms with Crippen LogP contribution in [-0.2, 0) is 21.4 Å². The van der Waals surface area contributed by atoms with Crippen LogP contribution in [0, 0.1) is 13.8 Å². The van der Waals surface area contributed by atoms with Crippen molar-refractivity contribution in [3.8, 4) is 0 Å². The van der Waals surface area contributed by atoms with E-state index in [-0.39, 0.29) is 5.91 Å². The van der Waals surface area contributed by atoms with E-state index in [1.165, 1.54) is 21.0 Å². The van der Waals surface area contributed by atoms with E-state index in [0.29, 0.717) is 45.7 Å². The van der Waals surface area contributed by atoms with E-state index in [4.69, 9.17) is 0 Å². The second-order valence-electron chi connectivity index (χ2n) is 7.39. The van der Waals surface area contributed by atoms with Gasteiger partial charge in [-0.25, -0.2) is 0 Å². The third-order valence-corrected chi connectivity index (χ3v) is 7.25. The lowest BCUT2D eigenvalue weighted by Gasteiger charge is -2.35. The molecule has 0 spiro atoms. The maximum absolute atomic E-state index is 12.6. The number of nitrogens with zero attached hydrogens (tertiary/aromatic N) is 3. The van der Waals surface area contributed by atoms with Crippen molar-refractivity contribution in [2.24, 2.45) is 0 Å². The van der Waals surface area contributed by atoms with Crippen molar-refractivity contribution in [2.75, 3.05) is 39.3 Å². The molecule has 0 saturated carbocycles. The SMILES string of the molecule is Cc1cc(C)cc(CCC(=O)N2CCN(S(=O)(=O)N3CCCC3)CC2)c1. The van der Waals surface area contributed by atoms with Crippen LogP contribution in [0.25, 0.3) is 0 Å². The predicted molar refractivity (Wildman–Crippen MR) is 102 cm³/mol. The molecule has 6 nitrogen and oxygen atoms in total. The van der Waals surface area contributed by atoms with Gasteiger partial charge in [-0.1, -0.05) is 29.3 Å². The van der Waals surface area contributed by atoms with Crippen LogP contribution in [0.5, 0.6) is 0 Å². The molecule has 2 aliphatic heterocycles. The summed E-state index contributed by atoms with van der Waals surface area (Å²) in [6.07, 6.45) is 3.08. The molecule has 0 aromatic heterocycles. The highest BCUT2D eigenvalue weighted by molar-refractivity contribution is 7.86. The van der Waals surface area contributed by atoms with Crippen LogP contribution in [0.2, 0.25) is 0 Å². The second kappa shape index (κ2) is 8.06. The number of hydrogen-bond acceptors (Lipinski definition) is 3. The Morgan fingerprint density at radius 3 is 2.00 bits per heavy atom. The number of hydrogen-bond donors (Lipinski definition) is 0. The minimum atomic E-state index is -3.35. The van der Waals surface area contributed by atoms with Gasteiger partial charge in [-0.15, -0.1) is 0 Å². The molecule has 7 heteroatoms. The number of rotatable bonds is 5. The Balaban J connectivity index is 1.50. The number of amides is 1. The lowest BCUT2D eigenvalue weighted by Crippen LogP contribution is -2.53. The standard InChI is InChI=1S/C19H29N3O3S/c1-16-13-17(2)15-18(14-16)5-6-19(23)20-9-11-22(12-10-20)26(24,25)21-7-3-4-8-21/h13-15H,3-12H2,1-2H3. The van der Waals surface area contributed by atoms with Crippen LogP contribution in [-0.4, -0.2) is 67.1 Å². The van der Waals surface area contributed by atoms with Gasteiger partial charge in [-0.05, 0) is 38.7 Å². The Bertz CT molecular complexity index is 729. The molecule has 0 bridgehead atoms. The summed E-state index contributed by atoms with van der Waals surface area (Å²) in [7, 11) is -3.35. The predicted octanol–water partition coefficient (Wildman–Crippen LogP) is 1.72. The lowest BCUT2D eigenvalue weighted by molar-refractivity contribution is -0.132. The molecule has 26 heavy (non-hydrogen) atoms. The molecule has 2 saturated heterocycles. The van der Waals surface area contributed by atoms with Crippen LogP contribution >= 0.6 is 0 Å². The van der Waals surface area contributed by atoms with E-state index in [0.717, 1.165) is 19.3 Å². The number of benzene rings is 1. The quantitative estimate of drug-likeness (QED) is 0.783. The van der Waals surface area contributed by atoms with Crippen LogP contribution < -0.4 is 0 Å². The average molecular weight is 380 g/mol. The molecule has 2 fully saturated rings. The Labute approximate surface area is 157 Å². The van der Waals surface area contributed by atoms with E-state index >= 15 is 0 Å². The van der Waals surface area contributed by atoms with Gasteiger partial charge < -0.3 is 4.90 Å². The molecule has 2 heterocycles. The Kier molecular flexibility index (Phi) is 5.99. The van der Waals surface area contributed by atoms with E-state index in [1.54, 1.807) is 9.21 Å². The second-order valence-corrected chi connectivity index (χ2v) is 9.32. The zero-order valence-corrected chi connectivity index (χ0v) is 16.6. The maximum atomic E-state index is 12.6. The summed E-state index contributed by atoms with van der Waals surface area (Å²) in [5.41, 5.74) is 3.62. The van der Waals surface area contributed by atoms with Gasteiger partial charge >= 0.3 is 0 Å². The highest BCUT2D eigenvalue weighted by atomic mass is 32.2. The van der Waals surface area contributed by atoms with Gasteiger partial charge in [0.15, 0.2) is 0 Å². The first kappa shape index (κ1) is 19.3. The number of carbonyl (C=O) groups is 1. The average Bonchev–Trinajstić information content (AvgIpc) is 3.14. The highest BCUT2D eigenvalue weighted by Crippen LogP contribution is 2.18. The highest BCUT2D eigenvalue weighted by Gasteiger charge is 2.34. The van der Waals surface area contributed by atoms with E-state index < -0.39 is 10.2 Å². The molecule has 1 amide bonds. The summed E-state index contributed by atoms with van der Waals surface area (Å²) < 4.78 is 28.3. The molecular formula is C19H29N3O3S. The smallest absolute Gasteiger partial charge is 0.282 e. The fraction of sp³-hybridized carbons (Fsp3) is 0.632. The van der Waals surface area contributed by atoms with E-state index in [9.17, 15) is 13.2 Å². The fourth-order valence-corrected chi connectivity index (χ4v) is 5.54. The molecule has 0 aliphatic carbocycles. The minimum absolute atomic E-state index is 0.113. The number of carbonyl (C=O) groups excluding carboxylic acids is 1. The van der Waals surface area contributed by atoms with Crippen molar-refractivity contribution in [1.82, 2.24) is 13.5 Å². The first-order chi connectivity index (χ1) is 12.4. The monoisotopic (exact) mass is 379 g/mol. The molecule has 0 unspecified atom stereocenters. The van der Waals surface area contributed by atoms with Gasteiger partial charge in [0.05, 0.1) is 0 Å². The molecule has 1 aromatic rings. The normalized spacial score (nSPS) is 19.8. The third-order valence-electron chi connectivity index (χ3n) is 5.22. The number of piperazine rings is 1. The third kappa shape index (κ3) is 4.45. The summed E-state index contributed by atoms with van der Waals surface area (Å²) in [5, 5.41) is 0. The minimum Gasteiger partial charge on any atom is -0.340 e. The molecule has 0 atom stereocenters. The molecule has 2 aliphatic rings. The topological polar surface area (TPSA) is 60.9 Å². The molecule has 3 rings (SSSR count). The zero-order chi connectivity index (χ0) is 18.7. The first-order valence-corrected chi connectivity index (χ1v) is 10.9. The molecule has 1 aromatic carbocycles. The summed E-state index contributed by atoms with van der Waals surface area (Å²) >= 11 is 0. The first-order valence-electron chi connectivity index (χ1n) is 9.46. The van der Waals surface area contributed by atoms with Crippen LogP contribution in [0.15, 0.2) is 18.2 Å². The van der Waals surface area contributed by atoms with Crippen molar-refractivity contribution >= 4 is 16.1 Å². The molecule has 144 valence electrons. The summed E-state index contributed by atoms with van der Waals surface area (Å²) in [6.45, 7) is 7.14. The van der Waals surface area contributed by atoms with E-state index in [1.807, 2.05) is 0 Å². The summed E-state index contributed by atoms with van der Waals surface area (Å²) in [5.74, 6) is 0.113. The van der Waals surface area contributed by atoms with Crippen molar-refractivity contribution < 1.29 is 13.2 Å². The van der Waals surface area contributed by atoms with E-state index in [2.05, 4.69) is 32.0 Å². The van der Waals surface area contributed by atoms with Gasteiger partial charge in [0.1, 0.15) is 0 Å². The Hall–Kier alpha value is -1.44. The summed E-state index contributed by atoms with van der Waals surface area (Å²) in [6, 6.07) is 6.38. The zero-order valence-electron chi connectivity index (χ0n) is 15.8.